The van der Waals surface area contributed by atoms with Gasteiger partial charge in [0.15, 0.2) is 0 Å². The maximum atomic E-state index is 5.32. The molecule has 31 heavy (non-hydrogen) atoms. The van der Waals surface area contributed by atoms with E-state index < -0.39 is 0 Å². The van der Waals surface area contributed by atoms with Crippen molar-refractivity contribution in [3.8, 4) is 17.0 Å². The van der Waals surface area contributed by atoms with Gasteiger partial charge in [-0.05, 0) is 72.0 Å². The first kappa shape index (κ1) is 20.7. The monoisotopic (exact) mass is 412 g/mol. The van der Waals surface area contributed by atoms with E-state index in [2.05, 4.69) is 57.8 Å². The van der Waals surface area contributed by atoms with Crippen LogP contribution in [0.1, 0.15) is 36.5 Å². The highest BCUT2D eigenvalue weighted by atomic mass is 16.5. The van der Waals surface area contributed by atoms with Gasteiger partial charge in [-0.25, -0.2) is 0 Å². The summed E-state index contributed by atoms with van der Waals surface area (Å²) in [5, 5.41) is 5.71. The Balaban J connectivity index is 1.68. The summed E-state index contributed by atoms with van der Waals surface area (Å²) in [7, 11) is 1.68. The third-order valence-electron chi connectivity index (χ3n) is 5.39. The predicted molar refractivity (Wildman–Crippen MR) is 128 cm³/mol. The average molecular weight is 413 g/mol. The van der Waals surface area contributed by atoms with Crippen LogP contribution in [0, 0.1) is 0 Å². The molecule has 0 unspecified atom stereocenters. The number of rotatable bonds is 9. The van der Waals surface area contributed by atoms with Crippen LogP contribution < -0.4 is 10.2 Å². The highest BCUT2D eigenvalue weighted by molar-refractivity contribution is 6.06. The van der Waals surface area contributed by atoms with Gasteiger partial charge in [-0.3, -0.25) is 4.98 Å². The standard InChI is InChI=1S/C26H28N4O/c1-3-4-6-19-8-13-25-23(15-19)24(18-29-28-17-20-7-5-14-27-16-20)26(30-25)21-9-11-22(31-2)12-10-21/h5,7-16,18,28,30H,3-4,6,17H2,1-2H3. The van der Waals surface area contributed by atoms with Crippen molar-refractivity contribution in [1.82, 2.24) is 15.4 Å². The van der Waals surface area contributed by atoms with E-state index in [4.69, 9.17) is 4.74 Å². The van der Waals surface area contributed by atoms with Crippen molar-refractivity contribution in [3.05, 3.63) is 83.7 Å². The summed E-state index contributed by atoms with van der Waals surface area (Å²) in [5.74, 6) is 0.843. The molecule has 0 atom stereocenters. The second kappa shape index (κ2) is 9.94. The zero-order valence-corrected chi connectivity index (χ0v) is 18.1. The molecule has 2 N–H and O–H groups in total. The van der Waals surface area contributed by atoms with Gasteiger partial charge in [0.2, 0.25) is 0 Å². The summed E-state index contributed by atoms with van der Waals surface area (Å²) >= 11 is 0. The number of ether oxygens (including phenoxy) is 1. The normalized spacial score (nSPS) is 11.3. The number of H-pyrrole nitrogens is 1. The number of hydrogen-bond acceptors (Lipinski definition) is 4. The molecule has 4 rings (SSSR count). The molecule has 0 amide bonds. The molecule has 0 aliphatic carbocycles. The number of aryl methyl sites for hydroxylation is 1. The van der Waals surface area contributed by atoms with E-state index in [1.54, 1.807) is 13.3 Å². The summed E-state index contributed by atoms with van der Waals surface area (Å²) in [6.45, 7) is 2.86. The van der Waals surface area contributed by atoms with E-state index >= 15 is 0 Å². The molecule has 2 aromatic heterocycles. The molecular formula is C26H28N4O. The Kier molecular flexibility index (Phi) is 6.62. The van der Waals surface area contributed by atoms with Gasteiger partial charge in [-0.1, -0.05) is 25.5 Å². The topological polar surface area (TPSA) is 62.3 Å². The van der Waals surface area contributed by atoms with Crippen LogP contribution in [0.3, 0.4) is 0 Å². The molecule has 0 spiro atoms. The Morgan fingerprint density at radius 2 is 1.97 bits per heavy atom. The number of aromatic amines is 1. The van der Waals surface area contributed by atoms with Crippen LogP contribution in [-0.2, 0) is 13.0 Å². The van der Waals surface area contributed by atoms with E-state index in [0.29, 0.717) is 6.54 Å². The van der Waals surface area contributed by atoms with Gasteiger partial charge in [0, 0.05) is 28.9 Å². The maximum Gasteiger partial charge on any atom is 0.118 e. The third kappa shape index (κ3) is 4.94. The summed E-state index contributed by atoms with van der Waals surface area (Å²) in [4.78, 5) is 7.74. The Bertz CT molecular complexity index is 1150. The van der Waals surface area contributed by atoms with E-state index in [-0.39, 0.29) is 0 Å². The molecule has 5 nitrogen and oxygen atoms in total. The molecule has 0 aliphatic rings. The van der Waals surface area contributed by atoms with Crippen LogP contribution >= 0.6 is 0 Å². The molecule has 4 aromatic rings. The van der Waals surface area contributed by atoms with Gasteiger partial charge in [-0.2, -0.15) is 5.10 Å². The molecule has 0 aliphatic heterocycles. The van der Waals surface area contributed by atoms with Gasteiger partial charge >= 0.3 is 0 Å². The van der Waals surface area contributed by atoms with Crippen LogP contribution in [0.25, 0.3) is 22.2 Å². The SMILES string of the molecule is CCCCc1ccc2[nH]c(-c3ccc(OC)cc3)c(C=NNCc3cccnc3)c2c1. The van der Waals surface area contributed by atoms with Crippen LogP contribution in [-0.4, -0.2) is 23.3 Å². The van der Waals surface area contributed by atoms with E-state index in [0.717, 1.165) is 40.1 Å². The molecule has 0 radical (unpaired) electrons. The van der Waals surface area contributed by atoms with Crippen molar-refractivity contribution in [3.63, 3.8) is 0 Å². The first-order valence-electron chi connectivity index (χ1n) is 10.7. The van der Waals surface area contributed by atoms with Crippen molar-refractivity contribution in [1.29, 1.82) is 0 Å². The van der Waals surface area contributed by atoms with Crippen molar-refractivity contribution in [2.75, 3.05) is 7.11 Å². The van der Waals surface area contributed by atoms with Crippen LogP contribution in [0.2, 0.25) is 0 Å². The third-order valence-corrected chi connectivity index (χ3v) is 5.39. The van der Waals surface area contributed by atoms with E-state index in [1.807, 2.05) is 36.7 Å². The number of hydrogen-bond donors (Lipinski definition) is 2. The molecule has 5 heteroatoms. The summed E-state index contributed by atoms with van der Waals surface area (Å²) in [6.07, 6.45) is 9.00. The summed E-state index contributed by atoms with van der Waals surface area (Å²) in [5.41, 5.74) is 9.94. The quantitative estimate of drug-likeness (QED) is 0.274. The fraction of sp³-hybridized carbons (Fsp3) is 0.231. The first-order valence-corrected chi connectivity index (χ1v) is 10.7. The molecular weight excluding hydrogens is 384 g/mol. The number of pyridine rings is 1. The van der Waals surface area contributed by atoms with Gasteiger partial charge in [0.1, 0.15) is 5.75 Å². The van der Waals surface area contributed by atoms with Crippen LogP contribution in [0.15, 0.2) is 72.1 Å². The zero-order chi connectivity index (χ0) is 21.5. The number of benzene rings is 2. The van der Waals surface area contributed by atoms with Crippen molar-refractivity contribution >= 4 is 17.1 Å². The Morgan fingerprint density at radius 1 is 1.10 bits per heavy atom. The summed E-state index contributed by atoms with van der Waals surface area (Å²) in [6, 6.07) is 18.7. The molecule has 158 valence electrons. The van der Waals surface area contributed by atoms with Crippen molar-refractivity contribution in [2.24, 2.45) is 5.10 Å². The molecule has 2 heterocycles. The minimum absolute atomic E-state index is 0.631. The van der Waals surface area contributed by atoms with E-state index in [9.17, 15) is 0 Å². The van der Waals surface area contributed by atoms with Gasteiger partial charge in [0.25, 0.3) is 0 Å². The molecule has 2 aromatic carbocycles. The Hall–Kier alpha value is -3.60. The van der Waals surface area contributed by atoms with Crippen LogP contribution in [0.5, 0.6) is 5.75 Å². The fourth-order valence-electron chi connectivity index (χ4n) is 3.67. The highest BCUT2D eigenvalue weighted by Gasteiger charge is 2.13. The minimum atomic E-state index is 0.631. The average Bonchev–Trinajstić information content (AvgIpc) is 3.19. The maximum absolute atomic E-state index is 5.32. The van der Waals surface area contributed by atoms with Crippen molar-refractivity contribution < 1.29 is 4.74 Å². The fourth-order valence-corrected chi connectivity index (χ4v) is 3.67. The lowest BCUT2D eigenvalue weighted by Gasteiger charge is -2.04. The minimum Gasteiger partial charge on any atom is -0.497 e. The number of nitrogens with one attached hydrogen (secondary N) is 2. The van der Waals surface area contributed by atoms with Crippen molar-refractivity contribution in [2.45, 2.75) is 32.7 Å². The molecule has 0 bridgehead atoms. The highest BCUT2D eigenvalue weighted by Crippen LogP contribution is 2.31. The lowest BCUT2D eigenvalue weighted by atomic mass is 10.0. The lowest BCUT2D eigenvalue weighted by Crippen LogP contribution is -2.05. The Morgan fingerprint density at radius 3 is 2.71 bits per heavy atom. The number of hydrazone groups is 1. The number of nitrogens with zero attached hydrogens (tertiary/aromatic N) is 2. The second-order valence-corrected chi connectivity index (χ2v) is 7.58. The zero-order valence-electron chi connectivity index (χ0n) is 18.1. The second-order valence-electron chi connectivity index (χ2n) is 7.58. The van der Waals surface area contributed by atoms with Gasteiger partial charge < -0.3 is 15.1 Å². The summed E-state index contributed by atoms with van der Waals surface area (Å²) < 4.78 is 5.32. The van der Waals surface area contributed by atoms with E-state index in [1.165, 1.54) is 23.8 Å². The Labute approximate surface area is 183 Å². The molecule has 0 saturated carbocycles. The molecule has 0 fully saturated rings. The predicted octanol–water partition coefficient (Wildman–Crippen LogP) is 5.70. The first-order chi connectivity index (χ1) is 15.3. The van der Waals surface area contributed by atoms with Gasteiger partial charge in [-0.15, -0.1) is 0 Å². The number of aromatic nitrogens is 2. The number of unbranched alkanes of at least 4 members (excludes halogenated alkanes) is 1. The smallest absolute Gasteiger partial charge is 0.118 e. The van der Waals surface area contributed by atoms with Crippen LogP contribution in [0.4, 0.5) is 0 Å². The number of fused-ring (bicyclic) bond motifs is 1. The largest absolute Gasteiger partial charge is 0.497 e. The lowest BCUT2D eigenvalue weighted by molar-refractivity contribution is 0.415. The number of methoxy groups -OCH3 is 1. The molecule has 0 saturated heterocycles. The van der Waals surface area contributed by atoms with Gasteiger partial charge in [0.05, 0.1) is 25.6 Å².